The van der Waals surface area contributed by atoms with Gasteiger partial charge in [-0.2, -0.15) is 0 Å². The van der Waals surface area contributed by atoms with Crippen LogP contribution >= 0.6 is 0 Å². The van der Waals surface area contributed by atoms with Crippen LogP contribution in [-0.4, -0.2) is 18.3 Å². The Morgan fingerprint density at radius 2 is 2.15 bits per heavy atom. The molecule has 20 heavy (non-hydrogen) atoms. The summed E-state index contributed by atoms with van der Waals surface area (Å²) in [4.78, 5) is 0. The van der Waals surface area contributed by atoms with Crippen molar-refractivity contribution in [1.29, 1.82) is 0 Å². The van der Waals surface area contributed by atoms with Crippen molar-refractivity contribution in [2.45, 2.75) is 58.2 Å². The predicted octanol–water partition coefficient (Wildman–Crippen LogP) is 4.10. The Kier molecular flexibility index (Phi) is 5.30. The van der Waals surface area contributed by atoms with E-state index in [0.29, 0.717) is 0 Å². The highest BCUT2D eigenvalue weighted by Crippen LogP contribution is 2.34. The van der Waals surface area contributed by atoms with E-state index >= 15 is 0 Å². The lowest BCUT2D eigenvalue weighted by Crippen LogP contribution is -2.25. The van der Waals surface area contributed by atoms with E-state index < -0.39 is 6.10 Å². The minimum absolute atomic E-state index is 0.262. The van der Waals surface area contributed by atoms with Gasteiger partial charge >= 0.3 is 0 Å². The smallest absolute Gasteiger partial charge is 0.129 e. The quantitative estimate of drug-likeness (QED) is 0.881. The third-order valence-corrected chi connectivity index (χ3v) is 4.28. The summed E-state index contributed by atoms with van der Waals surface area (Å²) in [7, 11) is 1.65. The van der Waals surface area contributed by atoms with Crippen LogP contribution in [0.3, 0.4) is 0 Å². The third-order valence-electron chi connectivity index (χ3n) is 4.28. The zero-order valence-electron chi connectivity index (χ0n) is 12.8. The summed E-state index contributed by atoms with van der Waals surface area (Å²) < 4.78 is 11.4. The Bertz CT molecular complexity index is 428. The second-order valence-electron chi connectivity index (χ2n) is 5.76. The molecule has 3 nitrogen and oxygen atoms in total. The van der Waals surface area contributed by atoms with E-state index in [0.717, 1.165) is 35.8 Å². The third kappa shape index (κ3) is 3.66. The first-order valence-corrected chi connectivity index (χ1v) is 7.66. The molecule has 2 rings (SSSR count). The van der Waals surface area contributed by atoms with Crippen molar-refractivity contribution < 1.29 is 14.6 Å². The van der Waals surface area contributed by atoms with Gasteiger partial charge in [0.15, 0.2) is 0 Å². The van der Waals surface area contributed by atoms with Gasteiger partial charge in [-0.1, -0.05) is 19.8 Å². The highest BCUT2D eigenvalue weighted by molar-refractivity contribution is 5.42. The summed E-state index contributed by atoms with van der Waals surface area (Å²) >= 11 is 0. The maximum atomic E-state index is 9.87. The van der Waals surface area contributed by atoms with Gasteiger partial charge in [-0.25, -0.2) is 0 Å². The molecule has 3 atom stereocenters. The first-order chi connectivity index (χ1) is 9.63. The van der Waals surface area contributed by atoms with Gasteiger partial charge in [-0.05, 0) is 44.2 Å². The molecule has 0 saturated heterocycles. The molecule has 1 N–H and O–H groups in total. The van der Waals surface area contributed by atoms with Crippen molar-refractivity contribution in [3.05, 3.63) is 23.8 Å². The minimum atomic E-state index is -0.526. The second-order valence-corrected chi connectivity index (χ2v) is 5.76. The van der Waals surface area contributed by atoms with E-state index in [1.54, 1.807) is 14.0 Å². The van der Waals surface area contributed by atoms with Gasteiger partial charge in [0.25, 0.3) is 0 Å². The average Bonchev–Trinajstić information content (AvgIpc) is 2.47. The summed E-state index contributed by atoms with van der Waals surface area (Å²) in [5, 5.41) is 9.87. The fourth-order valence-corrected chi connectivity index (χ4v) is 2.99. The highest BCUT2D eigenvalue weighted by atomic mass is 16.5. The normalized spacial score (nSPS) is 24.2. The fourth-order valence-electron chi connectivity index (χ4n) is 2.99. The molecule has 1 saturated carbocycles. The van der Waals surface area contributed by atoms with Crippen molar-refractivity contribution in [1.82, 2.24) is 0 Å². The van der Waals surface area contributed by atoms with Crippen molar-refractivity contribution in [3.63, 3.8) is 0 Å². The maximum absolute atomic E-state index is 9.87. The average molecular weight is 278 g/mol. The molecule has 1 fully saturated rings. The maximum Gasteiger partial charge on any atom is 0.129 e. The van der Waals surface area contributed by atoms with Crippen LogP contribution in [0.2, 0.25) is 0 Å². The zero-order chi connectivity index (χ0) is 14.5. The molecule has 0 heterocycles. The molecule has 3 heteroatoms. The summed E-state index contributed by atoms with van der Waals surface area (Å²) in [6.45, 7) is 4.02. The van der Waals surface area contributed by atoms with Gasteiger partial charge in [0.2, 0.25) is 0 Å². The van der Waals surface area contributed by atoms with Gasteiger partial charge in [-0.15, -0.1) is 0 Å². The number of methoxy groups -OCH3 is 1. The Morgan fingerprint density at radius 3 is 2.80 bits per heavy atom. The van der Waals surface area contributed by atoms with Gasteiger partial charge in [0.05, 0.1) is 19.3 Å². The first-order valence-electron chi connectivity index (χ1n) is 7.66. The summed E-state index contributed by atoms with van der Waals surface area (Å²) in [5.74, 6) is 2.31. The predicted molar refractivity (Wildman–Crippen MR) is 80.3 cm³/mol. The van der Waals surface area contributed by atoms with Crippen LogP contribution in [-0.2, 0) is 0 Å². The van der Waals surface area contributed by atoms with Gasteiger partial charge in [-0.3, -0.25) is 0 Å². The SMILES string of the molecule is CCC1CCCC(Oc2cc(OC)ccc2[C@H](C)O)C1. The zero-order valence-corrected chi connectivity index (χ0v) is 12.8. The van der Waals surface area contributed by atoms with Crippen LogP contribution in [0.4, 0.5) is 0 Å². The first kappa shape index (κ1) is 15.2. The lowest BCUT2D eigenvalue weighted by molar-refractivity contribution is 0.114. The molecule has 0 amide bonds. The number of rotatable bonds is 5. The molecular formula is C17H26O3. The van der Waals surface area contributed by atoms with Crippen molar-refractivity contribution in [2.75, 3.05) is 7.11 Å². The largest absolute Gasteiger partial charge is 0.497 e. The van der Waals surface area contributed by atoms with Crippen LogP contribution in [0.1, 0.15) is 57.6 Å². The molecule has 0 spiro atoms. The van der Waals surface area contributed by atoms with E-state index in [1.165, 1.54) is 19.3 Å². The lowest BCUT2D eigenvalue weighted by Gasteiger charge is -2.30. The van der Waals surface area contributed by atoms with E-state index in [4.69, 9.17) is 9.47 Å². The van der Waals surface area contributed by atoms with Crippen LogP contribution in [0, 0.1) is 5.92 Å². The molecular weight excluding hydrogens is 252 g/mol. The van der Waals surface area contributed by atoms with E-state index in [9.17, 15) is 5.11 Å². The number of aliphatic hydroxyl groups excluding tert-OH is 1. The van der Waals surface area contributed by atoms with Crippen molar-refractivity contribution >= 4 is 0 Å². The standard InChI is InChI=1S/C17H26O3/c1-4-13-6-5-7-15(10-13)20-17-11-14(19-3)8-9-16(17)12(2)18/h8-9,11-13,15,18H,4-7,10H2,1-3H3/t12-,13?,15?/m0/s1. The van der Waals surface area contributed by atoms with Crippen LogP contribution in [0.25, 0.3) is 0 Å². The van der Waals surface area contributed by atoms with E-state index in [1.807, 2.05) is 18.2 Å². The van der Waals surface area contributed by atoms with Crippen LogP contribution in [0.5, 0.6) is 11.5 Å². The Morgan fingerprint density at radius 1 is 1.35 bits per heavy atom. The molecule has 1 aromatic carbocycles. The van der Waals surface area contributed by atoms with Gasteiger partial charge in [0.1, 0.15) is 11.5 Å². The highest BCUT2D eigenvalue weighted by Gasteiger charge is 2.23. The summed E-state index contributed by atoms with van der Waals surface area (Å²) in [6.07, 6.45) is 5.73. The van der Waals surface area contributed by atoms with Crippen LogP contribution < -0.4 is 9.47 Å². The topological polar surface area (TPSA) is 38.7 Å². The number of hydrogen-bond donors (Lipinski definition) is 1. The molecule has 0 radical (unpaired) electrons. The number of hydrogen-bond acceptors (Lipinski definition) is 3. The summed E-state index contributed by atoms with van der Waals surface area (Å²) in [6, 6.07) is 5.64. The summed E-state index contributed by atoms with van der Waals surface area (Å²) in [5.41, 5.74) is 0.837. The molecule has 0 aliphatic heterocycles. The van der Waals surface area contributed by atoms with Gasteiger partial charge < -0.3 is 14.6 Å². The Labute approximate surface area is 121 Å². The Hall–Kier alpha value is -1.22. The van der Waals surface area contributed by atoms with Crippen molar-refractivity contribution in [2.24, 2.45) is 5.92 Å². The fraction of sp³-hybridized carbons (Fsp3) is 0.647. The lowest BCUT2D eigenvalue weighted by atomic mass is 9.85. The van der Waals surface area contributed by atoms with Crippen molar-refractivity contribution in [3.8, 4) is 11.5 Å². The molecule has 0 aromatic heterocycles. The molecule has 0 bridgehead atoms. The number of benzene rings is 1. The Balaban J connectivity index is 2.14. The van der Waals surface area contributed by atoms with E-state index in [-0.39, 0.29) is 6.10 Å². The molecule has 1 aromatic rings. The number of aliphatic hydroxyl groups is 1. The molecule has 112 valence electrons. The second kappa shape index (κ2) is 6.98. The van der Waals surface area contributed by atoms with Gasteiger partial charge in [0, 0.05) is 11.6 Å². The number of ether oxygens (including phenoxy) is 2. The monoisotopic (exact) mass is 278 g/mol. The molecule has 1 aliphatic rings. The van der Waals surface area contributed by atoms with Crippen LogP contribution in [0.15, 0.2) is 18.2 Å². The van der Waals surface area contributed by atoms with E-state index in [2.05, 4.69) is 6.92 Å². The minimum Gasteiger partial charge on any atom is -0.497 e. The molecule has 2 unspecified atom stereocenters. The molecule has 1 aliphatic carbocycles.